The van der Waals surface area contributed by atoms with E-state index in [1.54, 1.807) is 16.9 Å². The number of amides is 1. The molecule has 2 aromatic heterocycles. The first-order valence-corrected chi connectivity index (χ1v) is 11.8. The van der Waals surface area contributed by atoms with Crippen LogP contribution in [0, 0.1) is 23.2 Å². The Balaban J connectivity index is 1.38. The number of carbonyl (C=O) groups excluding carboxylic acids is 1. The quantitative estimate of drug-likeness (QED) is 0.635. The second-order valence-corrected chi connectivity index (χ2v) is 9.43. The normalized spacial score (nSPS) is 28.4. The van der Waals surface area contributed by atoms with Gasteiger partial charge in [0.05, 0.1) is 18.0 Å². The van der Waals surface area contributed by atoms with Crippen molar-refractivity contribution >= 4 is 17.4 Å². The van der Waals surface area contributed by atoms with Crippen molar-refractivity contribution in [2.75, 3.05) is 11.9 Å². The zero-order valence-electron chi connectivity index (χ0n) is 18.9. The average molecular weight is 462 g/mol. The van der Waals surface area contributed by atoms with Crippen LogP contribution in [0.3, 0.4) is 0 Å². The number of nitrogens with one attached hydrogen (secondary N) is 1. The maximum atomic E-state index is 13.5. The van der Waals surface area contributed by atoms with Gasteiger partial charge in [-0.15, -0.1) is 0 Å². The molecular formula is C25H28FN7O. The highest BCUT2D eigenvalue weighted by Gasteiger charge is 2.43. The van der Waals surface area contributed by atoms with Gasteiger partial charge in [0.15, 0.2) is 5.82 Å². The SMILES string of the molecule is N#CCC1(n2cc(C(N)=O)c(Nc3ccnc(F)c3)n2)CCC(N2CCC3C=CC=CC32)CC1. The first-order valence-electron chi connectivity index (χ1n) is 11.8. The van der Waals surface area contributed by atoms with Crippen molar-refractivity contribution in [3.63, 3.8) is 0 Å². The van der Waals surface area contributed by atoms with Gasteiger partial charge in [-0.05, 0) is 50.6 Å². The number of nitrogens with two attached hydrogens (primary N) is 1. The van der Waals surface area contributed by atoms with Gasteiger partial charge in [-0.3, -0.25) is 14.4 Å². The number of rotatable bonds is 6. The topological polar surface area (TPSA) is 113 Å². The lowest BCUT2D eigenvalue weighted by molar-refractivity contribution is 0.0863. The van der Waals surface area contributed by atoms with Crippen molar-refractivity contribution in [1.82, 2.24) is 19.7 Å². The third-order valence-electron chi connectivity index (χ3n) is 7.54. The molecule has 1 saturated heterocycles. The number of anilines is 2. The number of pyridine rings is 1. The number of primary amides is 1. The van der Waals surface area contributed by atoms with Gasteiger partial charge >= 0.3 is 0 Å². The molecule has 3 N–H and O–H groups in total. The first kappa shape index (κ1) is 22.3. The van der Waals surface area contributed by atoms with Crippen molar-refractivity contribution in [3.05, 3.63) is 60.3 Å². The summed E-state index contributed by atoms with van der Waals surface area (Å²) in [6, 6.07) is 6.06. The average Bonchev–Trinajstić information content (AvgIpc) is 3.45. The van der Waals surface area contributed by atoms with Crippen LogP contribution in [0.4, 0.5) is 15.9 Å². The monoisotopic (exact) mass is 461 g/mol. The molecular weight excluding hydrogens is 433 g/mol. The summed E-state index contributed by atoms with van der Waals surface area (Å²) >= 11 is 0. The molecule has 2 fully saturated rings. The highest BCUT2D eigenvalue weighted by atomic mass is 19.1. The van der Waals surface area contributed by atoms with E-state index in [4.69, 9.17) is 5.73 Å². The summed E-state index contributed by atoms with van der Waals surface area (Å²) in [5.41, 5.74) is 5.73. The van der Waals surface area contributed by atoms with E-state index in [1.807, 2.05) is 0 Å². The Labute approximate surface area is 197 Å². The zero-order valence-corrected chi connectivity index (χ0v) is 18.9. The van der Waals surface area contributed by atoms with Gasteiger partial charge in [0.1, 0.15) is 5.56 Å². The lowest BCUT2D eigenvalue weighted by Gasteiger charge is -2.43. The Bertz CT molecular complexity index is 1170. The van der Waals surface area contributed by atoms with Gasteiger partial charge < -0.3 is 11.1 Å². The van der Waals surface area contributed by atoms with Crippen LogP contribution in [0.1, 0.15) is 48.9 Å². The summed E-state index contributed by atoms with van der Waals surface area (Å²) in [5, 5.41) is 17.3. The van der Waals surface area contributed by atoms with Crippen molar-refractivity contribution in [1.29, 1.82) is 5.26 Å². The predicted molar refractivity (Wildman–Crippen MR) is 126 cm³/mol. The summed E-state index contributed by atoms with van der Waals surface area (Å²) in [5.74, 6) is -0.438. The summed E-state index contributed by atoms with van der Waals surface area (Å²) < 4.78 is 15.3. The van der Waals surface area contributed by atoms with Crippen LogP contribution in [-0.2, 0) is 5.54 Å². The first-order chi connectivity index (χ1) is 16.5. The largest absolute Gasteiger partial charge is 0.365 e. The fraction of sp³-hybridized carbons (Fsp3) is 0.440. The van der Waals surface area contributed by atoms with Crippen LogP contribution >= 0.6 is 0 Å². The molecule has 2 aliphatic carbocycles. The van der Waals surface area contributed by atoms with Crippen molar-refractivity contribution in [2.45, 2.75) is 56.1 Å². The van der Waals surface area contributed by atoms with Crippen LogP contribution in [0.25, 0.3) is 0 Å². The smallest absolute Gasteiger partial charge is 0.254 e. The fourth-order valence-corrected chi connectivity index (χ4v) is 5.75. The van der Waals surface area contributed by atoms with E-state index in [0.717, 1.165) is 32.2 Å². The number of nitriles is 1. The molecule has 9 heteroatoms. The van der Waals surface area contributed by atoms with Gasteiger partial charge in [-0.25, -0.2) is 4.98 Å². The molecule has 2 aromatic rings. The Hall–Kier alpha value is -3.51. The molecule has 176 valence electrons. The van der Waals surface area contributed by atoms with Gasteiger partial charge in [-0.2, -0.15) is 14.8 Å². The van der Waals surface area contributed by atoms with Gasteiger partial charge in [0, 0.05) is 36.2 Å². The highest BCUT2D eigenvalue weighted by molar-refractivity contribution is 5.98. The maximum Gasteiger partial charge on any atom is 0.254 e. The minimum absolute atomic E-state index is 0.207. The van der Waals surface area contributed by atoms with E-state index in [2.05, 4.69) is 50.7 Å². The number of hydrogen-bond acceptors (Lipinski definition) is 6. The second kappa shape index (κ2) is 9.03. The Morgan fingerprint density at radius 1 is 1.29 bits per heavy atom. The number of carbonyl (C=O) groups is 1. The van der Waals surface area contributed by atoms with Gasteiger partial charge in [-0.1, -0.05) is 24.3 Å². The summed E-state index contributed by atoms with van der Waals surface area (Å²) in [6.45, 7) is 1.09. The van der Waals surface area contributed by atoms with Crippen LogP contribution in [-0.4, -0.2) is 44.2 Å². The Morgan fingerprint density at radius 2 is 2.09 bits per heavy atom. The number of halogens is 1. The van der Waals surface area contributed by atoms with Crippen molar-refractivity contribution in [2.24, 2.45) is 11.7 Å². The summed E-state index contributed by atoms with van der Waals surface area (Å²) in [6.07, 6.45) is 16.8. The van der Waals surface area contributed by atoms with E-state index in [-0.39, 0.29) is 17.8 Å². The minimum atomic E-state index is -0.642. The molecule has 1 aliphatic heterocycles. The number of allylic oxidation sites excluding steroid dienone is 2. The molecule has 0 spiro atoms. The standard InChI is InChI=1S/C25H28FN7O/c26-22-15-18(7-13-29-22)30-24-20(23(28)34)16-33(31-24)25(11-12-27)9-5-19(6-10-25)32-14-8-17-3-1-2-4-21(17)32/h1-4,7,13,15-17,19,21H,5-6,8-11,14H2,(H2,28,34)(H,29,30,31). The fourth-order valence-electron chi connectivity index (χ4n) is 5.75. The Morgan fingerprint density at radius 3 is 2.82 bits per heavy atom. The number of hydrogen-bond donors (Lipinski definition) is 2. The molecule has 3 aliphatic rings. The van der Waals surface area contributed by atoms with Gasteiger partial charge in [0.25, 0.3) is 5.91 Å². The molecule has 2 atom stereocenters. The molecule has 3 heterocycles. The Kier molecular flexibility index (Phi) is 5.92. The molecule has 0 radical (unpaired) electrons. The third-order valence-corrected chi connectivity index (χ3v) is 7.54. The van der Waals surface area contributed by atoms with Crippen LogP contribution in [0.15, 0.2) is 48.8 Å². The number of likely N-dealkylation sites (tertiary alicyclic amines) is 1. The van der Waals surface area contributed by atoms with Crippen molar-refractivity contribution in [3.8, 4) is 6.07 Å². The summed E-state index contributed by atoms with van der Waals surface area (Å²) in [4.78, 5) is 18.3. The predicted octanol–water partition coefficient (Wildman–Crippen LogP) is 3.63. The number of aromatic nitrogens is 3. The number of fused-ring (bicyclic) bond motifs is 1. The van der Waals surface area contributed by atoms with E-state index < -0.39 is 17.4 Å². The van der Waals surface area contributed by atoms with Crippen LogP contribution in [0.5, 0.6) is 0 Å². The van der Waals surface area contributed by atoms with Crippen LogP contribution < -0.4 is 11.1 Å². The van der Waals surface area contributed by atoms with Gasteiger partial charge in [0.2, 0.25) is 5.95 Å². The zero-order chi connectivity index (χ0) is 23.7. The minimum Gasteiger partial charge on any atom is -0.365 e. The van der Waals surface area contributed by atoms with E-state index in [9.17, 15) is 14.4 Å². The molecule has 1 amide bonds. The molecule has 0 bridgehead atoms. The maximum absolute atomic E-state index is 13.5. The van der Waals surface area contributed by atoms with E-state index in [0.29, 0.717) is 23.7 Å². The molecule has 0 aromatic carbocycles. The van der Waals surface area contributed by atoms with E-state index in [1.165, 1.54) is 18.7 Å². The summed E-state index contributed by atoms with van der Waals surface area (Å²) in [7, 11) is 0. The molecule has 34 heavy (non-hydrogen) atoms. The molecule has 5 rings (SSSR count). The highest BCUT2D eigenvalue weighted by Crippen LogP contribution is 2.42. The van der Waals surface area contributed by atoms with Crippen LogP contribution in [0.2, 0.25) is 0 Å². The second-order valence-electron chi connectivity index (χ2n) is 9.43. The molecule has 2 unspecified atom stereocenters. The van der Waals surface area contributed by atoms with Crippen molar-refractivity contribution < 1.29 is 9.18 Å². The lowest BCUT2D eigenvalue weighted by Crippen LogP contribution is -2.47. The molecule has 8 nitrogen and oxygen atoms in total. The molecule has 1 saturated carbocycles. The number of nitrogens with zero attached hydrogens (tertiary/aromatic N) is 5. The third kappa shape index (κ3) is 4.10. The lowest BCUT2D eigenvalue weighted by atomic mass is 9.77. The van der Waals surface area contributed by atoms with E-state index >= 15 is 0 Å².